The van der Waals surface area contributed by atoms with Gasteiger partial charge in [0.15, 0.2) is 0 Å². The van der Waals surface area contributed by atoms with E-state index in [1.807, 2.05) is 0 Å². The lowest BCUT2D eigenvalue weighted by atomic mass is 10.3. The van der Waals surface area contributed by atoms with Gasteiger partial charge in [0.1, 0.15) is 0 Å². The number of ether oxygens (including phenoxy) is 1. The van der Waals surface area contributed by atoms with E-state index < -0.39 is 7.32 Å². The zero-order valence-corrected chi connectivity index (χ0v) is 7.31. The van der Waals surface area contributed by atoms with Crippen LogP contribution < -0.4 is 0 Å². The van der Waals surface area contributed by atoms with Crippen LogP contribution in [0, 0.1) is 0 Å². The molecule has 0 fully saturated rings. The Bertz CT molecular complexity index is 62.2. The number of unbranched alkanes of at least 4 members (excludes halogenated alkanes) is 1. The minimum absolute atomic E-state index is 0.143. The summed E-state index contributed by atoms with van der Waals surface area (Å²) in [6.45, 7) is 3.53. The highest BCUT2D eigenvalue weighted by molar-refractivity contribution is 6.30. The van der Waals surface area contributed by atoms with Gasteiger partial charge >= 0.3 is 7.32 Å². The molecule has 0 spiro atoms. The maximum Gasteiger partial charge on any atom is 0.631 e. The van der Waals surface area contributed by atoms with Crippen molar-refractivity contribution in [1.29, 1.82) is 0 Å². The molecule has 0 aliphatic rings. The van der Waals surface area contributed by atoms with Crippen LogP contribution in [0.1, 0.15) is 19.8 Å². The van der Waals surface area contributed by atoms with Gasteiger partial charge in [-0.1, -0.05) is 13.3 Å². The smallest absolute Gasteiger partial charge is 0.402 e. The average molecular weight is 180 g/mol. The largest absolute Gasteiger partial charge is 0.631 e. The molecule has 6 heteroatoms. The van der Waals surface area contributed by atoms with Gasteiger partial charge in [0.25, 0.3) is 0 Å². The molecule has 12 heavy (non-hydrogen) atoms. The number of aliphatic hydroxyl groups is 1. The number of aliphatic hydroxyl groups excluding tert-OH is 1. The van der Waals surface area contributed by atoms with E-state index in [0.29, 0.717) is 6.61 Å². The molecule has 0 saturated carbocycles. The molecule has 0 amide bonds. The molecule has 0 rings (SSSR count). The molecule has 0 bridgehead atoms. The van der Waals surface area contributed by atoms with E-state index in [1.165, 1.54) is 0 Å². The molecule has 0 aromatic carbocycles. The Balaban J connectivity index is 0. The molecule has 0 unspecified atom stereocenters. The Labute approximate surface area is 72.8 Å². The highest BCUT2D eigenvalue weighted by Gasteiger charge is 1.92. The summed E-state index contributed by atoms with van der Waals surface area (Å²) in [4.78, 5) is 0. The molecule has 0 heterocycles. The summed E-state index contributed by atoms with van der Waals surface area (Å²) in [5.74, 6) is 0. The molecular weight excluding hydrogens is 163 g/mol. The third-order valence-corrected chi connectivity index (χ3v) is 0.878. The first-order chi connectivity index (χ1) is 5.65. The van der Waals surface area contributed by atoms with Crippen LogP contribution in [-0.2, 0) is 4.74 Å². The van der Waals surface area contributed by atoms with Crippen LogP contribution in [0.4, 0.5) is 0 Å². The van der Waals surface area contributed by atoms with Crippen LogP contribution in [0.2, 0.25) is 0 Å². The van der Waals surface area contributed by atoms with Gasteiger partial charge in [0.2, 0.25) is 0 Å². The Morgan fingerprint density at radius 2 is 1.67 bits per heavy atom. The minimum atomic E-state index is -2.17. The van der Waals surface area contributed by atoms with Crippen molar-refractivity contribution < 1.29 is 24.9 Å². The second-order valence-corrected chi connectivity index (χ2v) is 2.04. The van der Waals surface area contributed by atoms with Gasteiger partial charge in [0, 0.05) is 6.61 Å². The molecule has 0 saturated heterocycles. The van der Waals surface area contributed by atoms with Gasteiger partial charge in [0.05, 0.1) is 13.2 Å². The van der Waals surface area contributed by atoms with E-state index in [9.17, 15) is 0 Å². The van der Waals surface area contributed by atoms with Crippen molar-refractivity contribution in [2.24, 2.45) is 0 Å². The zero-order valence-electron chi connectivity index (χ0n) is 7.31. The maximum absolute atomic E-state index is 8.24. The first kappa shape index (κ1) is 14.4. The predicted octanol–water partition coefficient (Wildman–Crippen LogP) is -1.26. The van der Waals surface area contributed by atoms with Gasteiger partial charge in [-0.3, -0.25) is 0 Å². The highest BCUT2D eigenvalue weighted by atomic mass is 16.5. The van der Waals surface area contributed by atoms with Crippen molar-refractivity contribution in [1.82, 2.24) is 0 Å². The monoisotopic (exact) mass is 180 g/mol. The molecule has 74 valence electrons. The second kappa shape index (κ2) is 13.5. The minimum Gasteiger partial charge on any atom is -0.402 e. The second-order valence-electron chi connectivity index (χ2n) is 2.04. The van der Waals surface area contributed by atoms with Gasteiger partial charge in [-0.15, -0.1) is 0 Å². The van der Waals surface area contributed by atoms with Gasteiger partial charge in [-0.05, 0) is 6.42 Å². The third kappa shape index (κ3) is 32.8. The van der Waals surface area contributed by atoms with Gasteiger partial charge in [-0.2, -0.15) is 0 Å². The van der Waals surface area contributed by atoms with E-state index in [-0.39, 0.29) is 6.61 Å². The zero-order chi connectivity index (χ0) is 9.82. The molecule has 0 aromatic rings. The van der Waals surface area contributed by atoms with Crippen molar-refractivity contribution >= 4 is 7.32 Å². The van der Waals surface area contributed by atoms with E-state index in [2.05, 4.69) is 6.92 Å². The summed E-state index contributed by atoms with van der Waals surface area (Å²) >= 11 is 0. The molecular formula is C6H17BO5. The number of hydrogen-bond acceptors (Lipinski definition) is 5. The highest BCUT2D eigenvalue weighted by Crippen LogP contribution is 1.85. The lowest BCUT2D eigenvalue weighted by molar-refractivity contribution is 0.0904. The van der Waals surface area contributed by atoms with Crippen molar-refractivity contribution in [2.75, 3.05) is 19.8 Å². The Kier molecular flexibility index (Phi) is 16.1. The summed E-state index contributed by atoms with van der Waals surface area (Å²) in [6, 6.07) is 0. The SMILES string of the molecule is CCCCOCCO.OB(O)O. The number of rotatable bonds is 5. The fourth-order valence-corrected chi connectivity index (χ4v) is 0.413. The van der Waals surface area contributed by atoms with Crippen LogP contribution in [-0.4, -0.2) is 47.3 Å². The van der Waals surface area contributed by atoms with Crippen molar-refractivity contribution in [3.05, 3.63) is 0 Å². The lowest BCUT2D eigenvalue weighted by Gasteiger charge is -1.97. The quantitative estimate of drug-likeness (QED) is 0.313. The van der Waals surface area contributed by atoms with Crippen LogP contribution in [0.5, 0.6) is 0 Å². The maximum atomic E-state index is 8.24. The van der Waals surface area contributed by atoms with Crippen LogP contribution in [0.25, 0.3) is 0 Å². The van der Waals surface area contributed by atoms with Crippen LogP contribution in [0.3, 0.4) is 0 Å². The van der Waals surface area contributed by atoms with Crippen molar-refractivity contribution in [2.45, 2.75) is 19.8 Å². The van der Waals surface area contributed by atoms with E-state index in [4.69, 9.17) is 24.9 Å². The Morgan fingerprint density at radius 1 is 1.17 bits per heavy atom. The average Bonchev–Trinajstić information content (AvgIpc) is 1.97. The summed E-state index contributed by atoms with van der Waals surface area (Å²) in [5, 5.41) is 29.7. The van der Waals surface area contributed by atoms with Crippen LogP contribution in [0.15, 0.2) is 0 Å². The fraction of sp³-hybridized carbons (Fsp3) is 1.00. The summed E-state index contributed by atoms with van der Waals surface area (Å²) < 4.78 is 4.97. The van der Waals surface area contributed by atoms with Crippen LogP contribution >= 0.6 is 0 Å². The Hall–Kier alpha value is -0.135. The standard InChI is InChI=1S/C6H14O2.BH3O3/c1-2-3-5-8-6-4-7;2-1(3)4/h7H,2-6H2,1H3;2-4H. The third-order valence-electron chi connectivity index (χ3n) is 0.878. The molecule has 5 nitrogen and oxygen atoms in total. The first-order valence-corrected chi connectivity index (χ1v) is 3.88. The molecule has 0 atom stereocenters. The Morgan fingerprint density at radius 3 is 2.00 bits per heavy atom. The van der Waals surface area contributed by atoms with Crippen molar-refractivity contribution in [3.8, 4) is 0 Å². The number of hydrogen-bond donors (Lipinski definition) is 4. The summed E-state index contributed by atoms with van der Waals surface area (Å²) in [7, 11) is -2.17. The predicted molar refractivity (Wildman–Crippen MR) is 45.2 cm³/mol. The van der Waals surface area contributed by atoms with E-state index >= 15 is 0 Å². The van der Waals surface area contributed by atoms with Crippen molar-refractivity contribution in [3.63, 3.8) is 0 Å². The van der Waals surface area contributed by atoms with Gasteiger partial charge < -0.3 is 24.9 Å². The lowest BCUT2D eigenvalue weighted by Crippen LogP contribution is -2.07. The molecule has 4 N–H and O–H groups in total. The summed E-state index contributed by atoms with van der Waals surface area (Å²) in [5.41, 5.74) is 0. The normalized spacial score (nSPS) is 8.75. The molecule has 0 aromatic heterocycles. The van der Waals surface area contributed by atoms with E-state index in [0.717, 1.165) is 19.4 Å². The fourth-order valence-electron chi connectivity index (χ4n) is 0.413. The first-order valence-electron chi connectivity index (χ1n) is 3.88. The van der Waals surface area contributed by atoms with Gasteiger partial charge in [-0.25, -0.2) is 0 Å². The topological polar surface area (TPSA) is 90.2 Å². The molecule has 0 aliphatic carbocycles. The summed E-state index contributed by atoms with van der Waals surface area (Å²) in [6.07, 6.45) is 2.26. The molecule has 0 aliphatic heterocycles. The molecule has 0 radical (unpaired) electrons. The van der Waals surface area contributed by atoms with E-state index in [1.54, 1.807) is 0 Å².